The fraction of sp³-hybridized carbons (Fsp3) is 0.160. The van der Waals surface area contributed by atoms with Crippen LogP contribution in [0.4, 0.5) is 10.1 Å². The van der Waals surface area contributed by atoms with Gasteiger partial charge < -0.3 is 18.8 Å². The predicted molar refractivity (Wildman–Crippen MR) is 122 cm³/mol. The Morgan fingerprint density at radius 2 is 1.88 bits per heavy atom. The maximum atomic E-state index is 13.6. The highest BCUT2D eigenvalue weighted by Gasteiger charge is 2.24. The largest absolute Gasteiger partial charge is 0.497 e. The van der Waals surface area contributed by atoms with E-state index in [-0.39, 0.29) is 11.8 Å². The Morgan fingerprint density at radius 3 is 2.59 bits per heavy atom. The van der Waals surface area contributed by atoms with Gasteiger partial charge in [-0.25, -0.2) is 9.18 Å². The first-order valence-corrected chi connectivity index (χ1v) is 10.4. The lowest BCUT2D eigenvalue weighted by atomic mass is 9.96. The number of hydrogen-bond donors (Lipinski definition) is 0. The van der Waals surface area contributed by atoms with Crippen molar-refractivity contribution in [2.75, 3.05) is 18.7 Å². The maximum absolute atomic E-state index is 13.6. The van der Waals surface area contributed by atoms with Crippen molar-refractivity contribution in [2.45, 2.75) is 13.5 Å². The number of hydrogen-bond acceptors (Lipinski definition) is 5. The minimum Gasteiger partial charge on any atom is -0.497 e. The summed E-state index contributed by atoms with van der Waals surface area (Å²) in [5.74, 6) is 0.961. The zero-order valence-corrected chi connectivity index (χ0v) is 18.2. The van der Waals surface area contributed by atoms with Crippen molar-refractivity contribution >= 4 is 28.3 Å². The molecule has 0 aliphatic carbocycles. The minimum atomic E-state index is -0.463. The van der Waals surface area contributed by atoms with Gasteiger partial charge in [-0.3, -0.25) is 0 Å². The summed E-state index contributed by atoms with van der Waals surface area (Å²) in [5.41, 5.74) is 4.18. The third-order valence-electron chi connectivity index (χ3n) is 5.69. The molecular formula is C25H19ClFNO4. The maximum Gasteiger partial charge on any atom is 0.336 e. The van der Waals surface area contributed by atoms with Crippen LogP contribution in [0.15, 0.2) is 63.8 Å². The van der Waals surface area contributed by atoms with Crippen LogP contribution in [-0.2, 0) is 6.54 Å². The van der Waals surface area contributed by atoms with Crippen LogP contribution in [0.3, 0.4) is 0 Å². The third kappa shape index (κ3) is 3.46. The van der Waals surface area contributed by atoms with Gasteiger partial charge in [0.05, 0.1) is 12.1 Å². The average Bonchev–Trinajstić information content (AvgIpc) is 2.81. The first-order chi connectivity index (χ1) is 15.4. The first kappa shape index (κ1) is 20.4. The molecular weight excluding hydrogens is 433 g/mol. The van der Waals surface area contributed by atoms with Gasteiger partial charge >= 0.3 is 5.63 Å². The molecule has 162 valence electrons. The quantitative estimate of drug-likeness (QED) is 0.361. The van der Waals surface area contributed by atoms with Crippen molar-refractivity contribution in [3.05, 3.63) is 87.0 Å². The Hall–Kier alpha value is -3.51. The number of methoxy groups -OCH3 is 1. The molecule has 0 amide bonds. The molecule has 0 saturated carbocycles. The van der Waals surface area contributed by atoms with Gasteiger partial charge in [-0.15, -0.1) is 0 Å². The van der Waals surface area contributed by atoms with Gasteiger partial charge in [0.25, 0.3) is 0 Å². The Morgan fingerprint density at radius 1 is 1.09 bits per heavy atom. The summed E-state index contributed by atoms with van der Waals surface area (Å²) in [6.07, 6.45) is 0. The van der Waals surface area contributed by atoms with E-state index in [1.807, 2.05) is 42.2 Å². The van der Waals surface area contributed by atoms with Crippen molar-refractivity contribution < 1.29 is 18.3 Å². The molecule has 4 aromatic rings. The van der Waals surface area contributed by atoms with Crippen molar-refractivity contribution in [3.63, 3.8) is 0 Å². The number of ether oxygens (including phenoxy) is 2. The third-order valence-corrected chi connectivity index (χ3v) is 5.98. The van der Waals surface area contributed by atoms with E-state index in [9.17, 15) is 9.18 Å². The molecule has 2 heterocycles. The molecule has 0 bridgehead atoms. The zero-order valence-electron chi connectivity index (χ0n) is 17.4. The number of fused-ring (bicyclic) bond motifs is 2. The van der Waals surface area contributed by atoms with Gasteiger partial charge in [0, 0.05) is 34.8 Å². The molecule has 0 unspecified atom stereocenters. The molecule has 5 rings (SSSR count). The van der Waals surface area contributed by atoms with Crippen LogP contribution < -0.4 is 20.0 Å². The van der Waals surface area contributed by atoms with Crippen LogP contribution in [0, 0.1) is 12.7 Å². The highest BCUT2D eigenvalue weighted by molar-refractivity contribution is 6.31. The van der Waals surface area contributed by atoms with Crippen LogP contribution >= 0.6 is 11.6 Å². The smallest absolute Gasteiger partial charge is 0.336 e. The van der Waals surface area contributed by atoms with E-state index in [1.54, 1.807) is 19.2 Å². The Balaban J connectivity index is 1.63. The molecule has 5 nitrogen and oxygen atoms in total. The van der Waals surface area contributed by atoms with Crippen LogP contribution in [0.25, 0.3) is 22.1 Å². The molecule has 0 atom stereocenters. The zero-order chi connectivity index (χ0) is 22.4. The lowest BCUT2D eigenvalue weighted by Gasteiger charge is -2.32. The minimum absolute atomic E-state index is 0.0616. The number of anilines is 1. The SMILES string of the molecule is COc1ccc(-c2cc(=O)oc3c(C)c4c(cc23)CN(c2ccc(F)c(Cl)c2)CO4)cc1. The van der Waals surface area contributed by atoms with Gasteiger partial charge in [-0.1, -0.05) is 23.7 Å². The van der Waals surface area contributed by atoms with Gasteiger partial charge in [0.15, 0.2) is 6.73 Å². The normalized spacial score (nSPS) is 13.1. The number of rotatable bonds is 3. The molecule has 0 radical (unpaired) electrons. The fourth-order valence-electron chi connectivity index (χ4n) is 4.08. The van der Waals surface area contributed by atoms with E-state index in [0.717, 1.165) is 39.1 Å². The number of nitrogens with zero attached hydrogens (tertiary/aromatic N) is 1. The monoisotopic (exact) mass is 451 g/mol. The second-order valence-corrected chi connectivity index (χ2v) is 8.05. The first-order valence-electron chi connectivity index (χ1n) is 10.0. The summed E-state index contributed by atoms with van der Waals surface area (Å²) in [6, 6.07) is 15.6. The second kappa shape index (κ2) is 7.88. The molecule has 1 aromatic heterocycles. The average molecular weight is 452 g/mol. The summed E-state index contributed by atoms with van der Waals surface area (Å²) in [5, 5.41) is 0.875. The van der Waals surface area contributed by atoms with Gasteiger partial charge in [-0.05, 0) is 54.4 Å². The van der Waals surface area contributed by atoms with Gasteiger partial charge in [-0.2, -0.15) is 0 Å². The summed E-state index contributed by atoms with van der Waals surface area (Å²) < 4.78 is 30.4. The molecule has 1 aliphatic heterocycles. The van der Waals surface area contributed by atoms with Crippen LogP contribution in [0.1, 0.15) is 11.1 Å². The summed E-state index contributed by atoms with van der Waals surface area (Å²) in [7, 11) is 1.61. The number of aryl methyl sites for hydroxylation is 1. The molecule has 0 N–H and O–H groups in total. The summed E-state index contributed by atoms with van der Waals surface area (Å²) in [6.45, 7) is 2.69. The molecule has 0 spiro atoms. The lowest BCUT2D eigenvalue weighted by molar-refractivity contribution is 0.287. The number of benzene rings is 3. The van der Waals surface area contributed by atoms with E-state index in [0.29, 0.717) is 17.9 Å². The van der Waals surface area contributed by atoms with Gasteiger partial charge in [0.2, 0.25) is 0 Å². The van der Waals surface area contributed by atoms with Crippen molar-refractivity contribution in [3.8, 4) is 22.6 Å². The van der Waals surface area contributed by atoms with E-state index in [4.69, 9.17) is 25.5 Å². The number of halogens is 2. The Kier molecular flexibility index (Phi) is 5.02. The lowest BCUT2D eigenvalue weighted by Crippen LogP contribution is -2.32. The Labute approximate surface area is 188 Å². The van der Waals surface area contributed by atoms with Crippen molar-refractivity contribution in [1.29, 1.82) is 0 Å². The van der Waals surface area contributed by atoms with E-state index in [2.05, 4.69) is 0 Å². The van der Waals surface area contributed by atoms with E-state index < -0.39 is 11.4 Å². The van der Waals surface area contributed by atoms with E-state index >= 15 is 0 Å². The van der Waals surface area contributed by atoms with Gasteiger partial charge in [0.1, 0.15) is 22.9 Å². The predicted octanol–water partition coefficient (Wildman–Crippen LogP) is 5.93. The molecule has 7 heteroatoms. The second-order valence-electron chi connectivity index (χ2n) is 7.64. The highest BCUT2D eigenvalue weighted by atomic mass is 35.5. The molecule has 1 aliphatic rings. The molecule has 0 fully saturated rings. The van der Waals surface area contributed by atoms with Crippen molar-refractivity contribution in [2.24, 2.45) is 0 Å². The van der Waals surface area contributed by atoms with Crippen LogP contribution in [0.5, 0.6) is 11.5 Å². The topological polar surface area (TPSA) is 51.9 Å². The van der Waals surface area contributed by atoms with Crippen molar-refractivity contribution in [1.82, 2.24) is 0 Å². The highest BCUT2D eigenvalue weighted by Crippen LogP contribution is 2.39. The molecule has 0 saturated heterocycles. The standard InChI is InChI=1S/C25H19ClFNO4/c1-14-24-16(12-28(13-31-24)17-5-8-22(27)21(26)10-17)9-20-19(11-23(29)32-25(14)20)15-3-6-18(30-2)7-4-15/h3-11H,12-13H2,1-2H3. The molecule has 3 aromatic carbocycles. The summed E-state index contributed by atoms with van der Waals surface area (Å²) in [4.78, 5) is 14.3. The fourth-order valence-corrected chi connectivity index (χ4v) is 4.25. The van der Waals surface area contributed by atoms with E-state index in [1.165, 1.54) is 12.1 Å². The Bertz CT molecular complexity index is 1400. The summed E-state index contributed by atoms with van der Waals surface area (Å²) >= 11 is 5.97. The van der Waals surface area contributed by atoms with Crippen LogP contribution in [0.2, 0.25) is 5.02 Å². The molecule has 32 heavy (non-hydrogen) atoms. The van der Waals surface area contributed by atoms with Crippen LogP contribution in [-0.4, -0.2) is 13.8 Å².